The number of aryl methyl sites for hydroxylation is 1. The van der Waals surface area contributed by atoms with Gasteiger partial charge in [0.1, 0.15) is 11.5 Å². The van der Waals surface area contributed by atoms with Gasteiger partial charge in [-0.15, -0.1) is 0 Å². The second-order valence-electron chi connectivity index (χ2n) is 10.6. The average molecular weight is 548 g/mol. The van der Waals surface area contributed by atoms with Gasteiger partial charge >= 0.3 is 5.97 Å². The Hall–Kier alpha value is -4.10. The van der Waals surface area contributed by atoms with Gasteiger partial charge < -0.3 is 14.9 Å². The molecule has 202 valence electrons. The Morgan fingerprint density at radius 2 is 1.62 bits per heavy atom. The lowest BCUT2D eigenvalue weighted by atomic mass is 9.85. The van der Waals surface area contributed by atoms with Gasteiger partial charge in [0.15, 0.2) is 0 Å². The summed E-state index contributed by atoms with van der Waals surface area (Å²) in [5.74, 6) is -2.86. The summed E-state index contributed by atoms with van der Waals surface area (Å²) in [6, 6.07) is 16.4. The topological polar surface area (TPSA) is 104 Å². The molecule has 0 bridgehead atoms. The molecule has 1 amide bonds. The van der Waals surface area contributed by atoms with E-state index in [0.29, 0.717) is 16.8 Å². The molecule has 1 saturated heterocycles. The van der Waals surface area contributed by atoms with Crippen molar-refractivity contribution in [2.24, 2.45) is 0 Å². The van der Waals surface area contributed by atoms with Crippen molar-refractivity contribution in [3.63, 3.8) is 0 Å². The molecule has 0 saturated carbocycles. The summed E-state index contributed by atoms with van der Waals surface area (Å²) in [5.41, 5.74) is 3.34. The number of carbonyl (C=O) groups is 3. The van der Waals surface area contributed by atoms with Crippen LogP contribution in [0.25, 0.3) is 5.76 Å². The molecule has 8 heteroatoms. The van der Waals surface area contributed by atoms with E-state index in [1.807, 2.05) is 24.3 Å². The number of benzene rings is 3. The van der Waals surface area contributed by atoms with Gasteiger partial charge in [-0.25, -0.2) is 0 Å². The fourth-order valence-electron chi connectivity index (χ4n) is 4.79. The number of aliphatic carboxylic acids is 1. The summed E-state index contributed by atoms with van der Waals surface area (Å²) in [7, 11) is 1.41. The Bertz CT molecular complexity index is 1480. The molecular weight excluding hydrogens is 518 g/mol. The lowest BCUT2D eigenvalue weighted by Gasteiger charge is -2.27. The van der Waals surface area contributed by atoms with Gasteiger partial charge in [-0.3, -0.25) is 19.3 Å². The lowest BCUT2D eigenvalue weighted by molar-refractivity contribution is -0.136. The molecule has 1 aliphatic heterocycles. The first kappa shape index (κ1) is 27.9. The SMILES string of the molecule is COc1c(Cl)cc(C)cc1/C(O)=C1\C(=O)C(=O)N(c2ccc(CC(=O)O)cc2)C1c1ccc(C(C)(C)C)cc1. The van der Waals surface area contributed by atoms with Gasteiger partial charge in [0.2, 0.25) is 0 Å². The van der Waals surface area contributed by atoms with Crippen molar-refractivity contribution in [3.05, 3.63) is 99.1 Å². The third kappa shape index (κ3) is 5.40. The zero-order chi connectivity index (χ0) is 28.6. The van der Waals surface area contributed by atoms with Crippen LogP contribution in [0.15, 0.2) is 66.2 Å². The zero-order valence-corrected chi connectivity index (χ0v) is 23.2. The molecule has 1 unspecified atom stereocenters. The number of halogens is 1. The number of aliphatic hydroxyl groups is 1. The first-order chi connectivity index (χ1) is 18.3. The highest BCUT2D eigenvalue weighted by Gasteiger charge is 2.47. The van der Waals surface area contributed by atoms with Gasteiger partial charge in [0.25, 0.3) is 11.7 Å². The number of hydrogen-bond acceptors (Lipinski definition) is 5. The van der Waals surface area contributed by atoms with Gasteiger partial charge in [-0.05, 0) is 58.9 Å². The van der Waals surface area contributed by atoms with Crippen LogP contribution in [0.3, 0.4) is 0 Å². The summed E-state index contributed by atoms with van der Waals surface area (Å²) in [6.45, 7) is 8.05. The van der Waals surface area contributed by atoms with E-state index in [-0.39, 0.29) is 33.7 Å². The van der Waals surface area contributed by atoms with E-state index in [9.17, 15) is 19.5 Å². The van der Waals surface area contributed by atoms with Gasteiger partial charge in [0, 0.05) is 5.69 Å². The number of anilines is 1. The predicted molar refractivity (Wildman–Crippen MR) is 150 cm³/mol. The van der Waals surface area contributed by atoms with Crippen molar-refractivity contribution in [1.29, 1.82) is 0 Å². The molecule has 0 aliphatic carbocycles. The van der Waals surface area contributed by atoms with Gasteiger partial charge in [-0.1, -0.05) is 68.8 Å². The maximum Gasteiger partial charge on any atom is 0.307 e. The third-order valence-electron chi connectivity index (χ3n) is 6.75. The monoisotopic (exact) mass is 547 g/mol. The number of nitrogens with zero attached hydrogens (tertiary/aromatic N) is 1. The summed E-state index contributed by atoms with van der Waals surface area (Å²) < 4.78 is 5.44. The van der Waals surface area contributed by atoms with E-state index in [2.05, 4.69) is 20.8 Å². The molecule has 39 heavy (non-hydrogen) atoms. The van der Waals surface area contributed by atoms with Crippen LogP contribution in [0.1, 0.15) is 54.6 Å². The second-order valence-corrected chi connectivity index (χ2v) is 11.0. The van der Waals surface area contributed by atoms with E-state index in [1.165, 1.54) is 12.0 Å². The van der Waals surface area contributed by atoms with Crippen molar-refractivity contribution in [2.45, 2.75) is 45.6 Å². The fourth-order valence-corrected chi connectivity index (χ4v) is 5.14. The molecular formula is C31H30ClNO6. The highest BCUT2D eigenvalue weighted by Crippen LogP contribution is 2.45. The van der Waals surface area contributed by atoms with E-state index in [4.69, 9.17) is 21.4 Å². The number of amides is 1. The van der Waals surface area contributed by atoms with E-state index in [1.54, 1.807) is 43.3 Å². The number of methoxy groups -OCH3 is 1. The standard InChI is InChI=1S/C31H30ClNO6/c1-17-14-22(29(39-5)23(32)15-17)27(36)25-26(19-8-10-20(11-9-19)31(2,3)4)33(30(38)28(25)37)21-12-6-18(7-13-21)16-24(34)35/h6-15,26,36H,16H2,1-5H3,(H,34,35)/b27-25+. The molecule has 4 rings (SSSR count). The Balaban J connectivity index is 1.95. The van der Waals surface area contributed by atoms with E-state index < -0.39 is 29.5 Å². The molecule has 0 radical (unpaired) electrons. The number of rotatable bonds is 6. The van der Waals surface area contributed by atoms with Crippen LogP contribution in [0.2, 0.25) is 5.02 Å². The van der Waals surface area contributed by atoms with Crippen molar-refractivity contribution in [3.8, 4) is 5.75 Å². The van der Waals surface area contributed by atoms with Crippen molar-refractivity contribution in [2.75, 3.05) is 12.0 Å². The molecule has 2 N–H and O–H groups in total. The Morgan fingerprint density at radius 3 is 2.15 bits per heavy atom. The Labute approximate surface area is 232 Å². The van der Waals surface area contributed by atoms with Crippen LogP contribution in [0.5, 0.6) is 5.75 Å². The van der Waals surface area contributed by atoms with Crippen molar-refractivity contribution in [1.82, 2.24) is 0 Å². The first-order valence-corrected chi connectivity index (χ1v) is 12.8. The molecule has 1 aliphatic rings. The number of hydrogen-bond donors (Lipinski definition) is 2. The molecule has 7 nitrogen and oxygen atoms in total. The number of carboxylic acids is 1. The Morgan fingerprint density at radius 1 is 1.00 bits per heavy atom. The molecule has 1 heterocycles. The molecule has 0 aromatic heterocycles. The molecule has 1 atom stereocenters. The quantitative estimate of drug-likeness (QED) is 0.216. The summed E-state index contributed by atoms with van der Waals surface area (Å²) in [5, 5.41) is 20.9. The van der Waals surface area contributed by atoms with E-state index >= 15 is 0 Å². The molecule has 1 fully saturated rings. The van der Waals surface area contributed by atoms with Gasteiger partial charge in [-0.2, -0.15) is 0 Å². The molecule has 0 spiro atoms. The van der Waals surface area contributed by atoms with E-state index in [0.717, 1.165) is 11.1 Å². The highest BCUT2D eigenvalue weighted by molar-refractivity contribution is 6.51. The summed E-state index contributed by atoms with van der Waals surface area (Å²) in [6.07, 6.45) is -0.176. The number of Topliss-reactive ketones (excluding diaryl/α,β-unsaturated/α-hetero) is 1. The number of aliphatic hydroxyl groups excluding tert-OH is 1. The smallest absolute Gasteiger partial charge is 0.307 e. The highest BCUT2D eigenvalue weighted by atomic mass is 35.5. The predicted octanol–water partition coefficient (Wildman–Crippen LogP) is 6.21. The van der Waals surface area contributed by atoms with Crippen LogP contribution in [0, 0.1) is 6.92 Å². The maximum absolute atomic E-state index is 13.5. The van der Waals surface area contributed by atoms with Crippen LogP contribution in [-0.4, -0.2) is 35.0 Å². The third-order valence-corrected chi connectivity index (χ3v) is 7.03. The number of carbonyl (C=O) groups excluding carboxylic acids is 2. The number of ether oxygens (including phenoxy) is 1. The van der Waals surface area contributed by atoms with Crippen molar-refractivity contribution >= 4 is 40.7 Å². The molecule has 3 aromatic rings. The fraction of sp³-hybridized carbons (Fsp3) is 0.258. The molecule has 3 aromatic carbocycles. The minimum absolute atomic E-state index is 0.0990. The van der Waals surface area contributed by atoms with Crippen LogP contribution in [-0.2, 0) is 26.2 Å². The average Bonchev–Trinajstić information content (AvgIpc) is 3.13. The normalized spacial score (nSPS) is 17.0. The second kappa shape index (κ2) is 10.6. The lowest BCUT2D eigenvalue weighted by Crippen LogP contribution is -2.29. The minimum atomic E-state index is -0.979. The minimum Gasteiger partial charge on any atom is -0.507 e. The van der Waals surface area contributed by atoms with Crippen LogP contribution < -0.4 is 9.64 Å². The number of carboxylic acid groups (broad SMARTS) is 1. The van der Waals surface area contributed by atoms with Crippen LogP contribution >= 0.6 is 11.6 Å². The summed E-state index contributed by atoms with van der Waals surface area (Å²) >= 11 is 6.38. The maximum atomic E-state index is 13.5. The van der Waals surface area contributed by atoms with Gasteiger partial charge in [0.05, 0.1) is 35.7 Å². The Kier molecular flexibility index (Phi) is 7.57. The zero-order valence-electron chi connectivity index (χ0n) is 22.4. The van der Waals surface area contributed by atoms with Crippen molar-refractivity contribution < 1.29 is 29.3 Å². The summed E-state index contributed by atoms with van der Waals surface area (Å²) in [4.78, 5) is 39.5. The number of ketones is 1. The largest absolute Gasteiger partial charge is 0.507 e. The first-order valence-electron chi connectivity index (χ1n) is 12.4. The van der Waals surface area contributed by atoms with Crippen LogP contribution in [0.4, 0.5) is 5.69 Å².